The SMILES string of the molecule is CO[C@H]1C[C@@]2(CC[C@]3(CCC[C@H]4C(C)(C)[C@@H](OC(C)=O)CC[C@@]43C)O2)[C@H](OC)O1. The topological polar surface area (TPSA) is 63.2 Å². The molecule has 2 aliphatic heterocycles. The third kappa shape index (κ3) is 3.08. The molecule has 2 spiro atoms. The van der Waals surface area contributed by atoms with Crippen molar-refractivity contribution in [2.24, 2.45) is 16.7 Å². The molecule has 0 aromatic rings. The summed E-state index contributed by atoms with van der Waals surface area (Å²) in [7, 11) is 3.37. The Morgan fingerprint density at radius 2 is 1.76 bits per heavy atom. The molecule has 0 aromatic carbocycles. The van der Waals surface area contributed by atoms with Crippen LogP contribution in [0.4, 0.5) is 0 Å². The fourth-order valence-electron chi connectivity index (χ4n) is 7.44. The van der Waals surface area contributed by atoms with Crippen molar-refractivity contribution in [1.29, 1.82) is 0 Å². The molecule has 7 atom stereocenters. The molecule has 0 amide bonds. The van der Waals surface area contributed by atoms with Crippen molar-refractivity contribution >= 4 is 5.97 Å². The van der Waals surface area contributed by atoms with E-state index in [4.69, 9.17) is 23.7 Å². The first-order valence-electron chi connectivity index (χ1n) is 11.2. The number of fused-ring (bicyclic) bond motifs is 2. The second-order valence-electron chi connectivity index (χ2n) is 10.6. The van der Waals surface area contributed by atoms with Crippen LogP contribution >= 0.6 is 0 Å². The molecular weight excluding hydrogens is 372 g/mol. The Morgan fingerprint density at radius 1 is 1.00 bits per heavy atom. The maximum Gasteiger partial charge on any atom is 0.302 e. The highest BCUT2D eigenvalue weighted by Gasteiger charge is 2.69. The zero-order valence-electron chi connectivity index (χ0n) is 18.9. The van der Waals surface area contributed by atoms with Crippen LogP contribution in [0.25, 0.3) is 0 Å². The molecule has 29 heavy (non-hydrogen) atoms. The Labute approximate surface area is 174 Å². The van der Waals surface area contributed by atoms with E-state index in [0.29, 0.717) is 12.3 Å². The first-order chi connectivity index (χ1) is 13.6. The largest absolute Gasteiger partial charge is 0.462 e. The van der Waals surface area contributed by atoms with Crippen molar-refractivity contribution in [3.05, 3.63) is 0 Å². The monoisotopic (exact) mass is 410 g/mol. The van der Waals surface area contributed by atoms with Crippen LogP contribution in [0.3, 0.4) is 0 Å². The third-order valence-corrected chi connectivity index (χ3v) is 8.89. The van der Waals surface area contributed by atoms with Crippen molar-refractivity contribution in [3.8, 4) is 0 Å². The van der Waals surface area contributed by atoms with Crippen molar-refractivity contribution in [1.82, 2.24) is 0 Å². The molecule has 2 aliphatic carbocycles. The van der Waals surface area contributed by atoms with E-state index < -0.39 is 5.60 Å². The summed E-state index contributed by atoms with van der Waals surface area (Å²) in [5, 5.41) is 0. The quantitative estimate of drug-likeness (QED) is 0.650. The van der Waals surface area contributed by atoms with Crippen LogP contribution in [0.5, 0.6) is 0 Å². The Morgan fingerprint density at radius 3 is 2.41 bits per heavy atom. The zero-order valence-corrected chi connectivity index (χ0v) is 18.9. The molecule has 0 unspecified atom stereocenters. The molecule has 2 saturated heterocycles. The van der Waals surface area contributed by atoms with Gasteiger partial charge in [0.2, 0.25) is 0 Å². The minimum atomic E-state index is -0.433. The molecule has 6 heteroatoms. The first kappa shape index (κ1) is 21.5. The highest BCUT2D eigenvalue weighted by molar-refractivity contribution is 5.66. The molecule has 0 bridgehead atoms. The number of methoxy groups -OCH3 is 2. The molecule has 0 aromatic heterocycles. The van der Waals surface area contributed by atoms with Crippen molar-refractivity contribution in [2.45, 2.75) is 109 Å². The second kappa shape index (κ2) is 7.18. The minimum Gasteiger partial charge on any atom is -0.462 e. The van der Waals surface area contributed by atoms with Crippen molar-refractivity contribution in [2.75, 3.05) is 14.2 Å². The lowest BCUT2D eigenvalue weighted by molar-refractivity contribution is -0.276. The van der Waals surface area contributed by atoms with E-state index in [2.05, 4.69) is 20.8 Å². The molecule has 4 rings (SSSR count). The van der Waals surface area contributed by atoms with E-state index in [-0.39, 0.29) is 41.1 Å². The molecule has 2 saturated carbocycles. The number of esters is 1. The molecule has 6 nitrogen and oxygen atoms in total. The minimum absolute atomic E-state index is 0.0250. The van der Waals surface area contributed by atoms with Gasteiger partial charge in [-0.25, -0.2) is 0 Å². The van der Waals surface area contributed by atoms with Gasteiger partial charge in [-0.05, 0) is 44.4 Å². The molecular formula is C23H38O6. The molecule has 0 N–H and O–H groups in total. The number of hydrogen-bond acceptors (Lipinski definition) is 6. The number of carbonyl (C=O) groups is 1. The molecule has 0 radical (unpaired) electrons. The van der Waals surface area contributed by atoms with Crippen molar-refractivity contribution in [3.63, 3.8) is 0 Å². The van der Waals surface area contributed by atoms with Gasteiger partial charge in [0.15, 0.2) is 12.6 Å². The van der Waals surface area contributed by atoms with Crippen molar-refractivity contribution < 1.29 is 28.5 Å². The van der Waals surface area contributed by atoms with Gasteiger partial charge in [-0.1, -0.05) is 27.2 Å². The average molecular weight is 411 g/mol. The predicted molar refractivity (Wildman–Crippen MR) is 107 cm³/mol. The number of carbonyl (C=O) groups excluding carboxylic acids is 1. The smallest absolute Gasteiger partial charge is 0.302 e. The van der Waals surface area contributed by atoms with E-state index in [1.54, 1.807) is 14.2 Å². The van der Waals surface area contributed by atoms with Crippen LogP contribution in [-0.2, 0) is 28.5 Å². The van der Waals surface area contributed by atoms with E-state index >= 15 is 0 Å². The van der Waals surface area contributed by atoms with Gasteiger partial charge < -0.3 is 23.7 Å². The standard InChI is InChI=1S/C23H38O6/c1-15(24)27-17-9-11-21(4)16(20(17,2)3)8-7-10-23(21)13-12-22(29-23)14-18(25-5)28-19(22)26-6/h16-19H,7-14H2,1-6H3/t16-,17-,18+,19+,21-,22-,23-/m0/s1. The Balaban J connectivity index is 1.64. The van der Waals surface area contributed by atoms with Gasteiger partial charge in [-0.3, -0.25) is 4.79 Å². The van der Waals surface area contributed by atoms with E-state index in [0.717, 1.165) is 44.9 Å². The summed E-state index contributed by atoms with van der Waals surface area (Å²) in [5.74, 6) is 0.267. The molecule has 2 heterocycles. The number of rotatable bonds is 3. The van der Waals surface area contributed by atoms with Crippen LogP contribution in [0.1, 0.15) is 79.1 Å². The van der Waals surface area contributed by atoms with Gasteiger partial charge in [-0.2, -0.15) is 0 Å². The average Bonchev–Trinajstić information content (AvgIpc) is 3.21. The lowest BCUT2D eigenvalue weighted by Crippen LogP contribution is -2.63. The van der Waals surface area contributed by atoms with Gasteiger partial charge >= 0.3 is 5.97 Å². The summed E-state index contributed by atoms with van der Waals surface area (Å²) < 4.78 is 30.1. The zero-order chi connectivity index (χ0) is 21.1. The van der Waals surface area contributed by atoms with Crippen LogP contribution in [0.2, 0.25) is 0 Å². The van der Waals surface area contributed by atoms with Crippen LogP contribution in [-0.4, -0.2) is 50.1 Å². The third-order valence-electron chi connectivity index (χ3n) is 8.89. The van der Waals surface area contributed by atoms with Gasteiger partial charge in [0.1, 0.15) is 11.7 Å². The summed E-state index contributed by atoms with van der Waals surface area (Å²) in [6.45, 7) is 8.51. The summed E-state index contributed by atoms with van der Waals surface area (Å²) in [4.78, 5) is 11.7. The van der Waals surface area contributed by atoms with E-state index in [1.807, 2.05) is 0 Å². The van der Waals surface area contributed by atoms with E-state index in [9.17, 15) is 4.79 Å². The Kier molecular flexibility index (Phi) is 5.33. The summed E-state index contributed by atoms with van der Waals surface area (Å²) >= 11 is 0. The molecule has 4 fully saturated rings. The van der Waals surface area contributed by atoms with Gasteiger partial charge in [-0.15, -0.1) is 0 Å². The maximum absolute atomic E-state index is 11.7. The Bertz CT molecular complexity index is 649. The number of ether oxygens (including phenoxy) is 5. The van der Waals surface area contributed by atoms with Gasteiger partial charge in [0.25, 0.3) is 0 Å². The summed E-state index contributed by atoms with van der Waals surface area (Å²) in [6, 6.07) is 0. The maximum atomic E-state index is 11.7. The van der Waals surface area contributed by atoms with Crippen LogP contribution in [0.15, 0.2) is 0 Å². The molecule has 166 valence electrons. The fraction of sp³-hybridized carbons (Fsp3) is 0.957. The summed E-state index contributed by atoms with van der Waals surface area (Å²) in [6.07, 6.45) is 7.25. The summed E-state index contributed by atoms with van der Waals surface area (Å²) in [5.41, 5.74) is -0.653. The lowest BCUT2D eigenvalue weighted by atomic mass is 9.45. The number of hydrogen-bond donors (Lipinski definition) is 0. The van der Waals surface area contributed by atoms with E-state index in [1.165, 1.54) is 6.92 Å². The highest BCUT2D eigenvalue weighted by Crippen LogP contribution is 2.67. The Hall–Kier alpha value is -0.690. The van der Waals surface area contributed by atoms with Crippen LogP contribution < -0.4 is 0 Å². The van der Waals surface area contributed by atoms with Gasteiger partial charge in [0.05, 0.1) is 5.60 Å². The predicted octanol–water partition coefficient (Wildman–Crippen LogP) is 4.20. The highest BCUT2D eigenvalue weighted by atomic mass is 16.8. The normalized spacial score (nSPS) is 48.8. The van der Waals surface area contributed by atoms with Crippen LogP contribution in [0, 0.1) is 16.7 Å². The molecule has 4 aliphatic rings. The first-order valence-corrected chi connectivity index (χ1v) is 11.2. The van der Waals surface area contributed by atoms with Gasteiger partial charge in [0, 0.05) is 38.4 Å². The second-order valence-corrected chi connectivity index (χ2v) is 10.6. The lowest BCUT2D eigenvalue weighted by Gasteiger charge is -2.63. The fourth-order valence-corrected chi connectivity index (χ4v) is 7.44.